The molecule has 2 rings (SSSR count). The average molecular weight is 371 g/mol. The quantitative estimate of drug-likeness (QED) is 0.775. The summed E-state index contributed by atoms with van der Waals surface area (Å²) in [6, 6.07) is 11.6. The van der Waals surface area contributed by atoms with Gasteiger partial charge in [0.05, 0.1) is 24.4 Å². The van der Waals surface area contributed by atoms with Gasteiger partial charge in [0.2, 0.25) is 0 Å². The second-order valence-electron chi connectivity index (χ2n) is 4.60. The summed E-state index contributed by atoms with van der Waals surface area (Å²) in [6.07, 6.45) is 0. The normalized spacial score (nSPS) is 11.9. The van der Waals surface area contributed by atoms with Crippen LogP contribution in [-0.2, 0) is 0 Å². The first-order chi connectivity index (χ1) is 10.0. The predicted octanol–water partition coefficient (Wildman–Crippen LogP) is 5.29. The van der Waals surface area contributed by atoms with Crippen molar-refractivity contribution in [3.05, 3.63) is 51.5 Å². The van der Waals surface area contributed by atoms with E-state index in [-0.39, 0.29) is 6.04 Å². The molecule has 0 saturated carbocycles. The van der Waals surface area contributed by atoms with Gasteiger partial charge in [0, 0.05) is 11.1 Å². The highest BCUT2D eigenvalue weighted by atomic mass is 79.9. The molecule has 0 aliphatic carbocycles. The molecule has 0 heterocycles. The lowest BCUT2D eigenvalue weighted by atomic mass is 10.1. The maximum Gasteiger partial charge on any atom is 0.142 e. The number of nitrogens with one attached hydrogen (secondary N) is 1. The standard InChI is InChI=1S/C16H17BrClNO2/c1-10(11-4-6-15(20-2)13(17)8-11)19-14-9-12(18)5-7-16(14)21-3/h4-10,19H,1-3H3. The summed E-state index contributed by atoms with van der Waals surface area (Å²) >= 11 is 9.55. The number of ether oxygens (including phenoxy) is 2. The molecule has 0 bridgehead atoms. The van der Waals surface area contributed by atoms with Crippen molar-refractivity contribution in [1.29, 1.82) is 0 Å². The minimum atomic E-state index is 0.0968. The van der Waals surface area contributed by atoms with Gasteiger partial charge >= 0.3 is 0 Å². The first-order valence-corrected chi connectivity index (χ1v) is 7.65. The molecular formula is C16H17BrClNO2. The van der Waals surface area contributed by atoms with Crippen molar-refractivity contribution in [3.63, 3.8) is 0 Å². The summed E-state index contributed by atoms with van der Waals surface area (Å²) in [5.41, 5.74) is 1.99. The molecule has 0 aromatic heterocycles. The summed E-state index contributed by atoms with van der Waals surface area (Å²) in [5, 5.41) is 4.08. The molecule has 0 aliphatic heterocycles. The largest absolute Gasteiger partial charge is 0.496 e. The Bertz CT molecular complexity index is 634. The molecule has 0 amide bonds. The van der Waals surface area contributed by atoms with Gasteiger partial charge in [0.15, 0.2) is 0 Å². The zero-order valence-electron chi connectivity index (χ0n) is 12.1. The van der Waals surface area contributed by atoms with E-state index in [0.29, 0.717) is 5.02 Å². The topological polar surface area (TPSA) is 30.5 Å². The molecule has 5 heteroatoms. The molecule has 0 fully saturated rings. The molecule has 2 aromatic carbocycles. The van der Waals surface area contributed by atoms with E-state index in [9.17, 15) is 0 Å². The van der Waals surface area contributed by atoms with Crippen LogP contribution in [0.4, 0.5) is 5.69 Å². The van der Waals surface area contributed by atoms with Gasteiger partial charge in [-0.15, -0.1) is 0 Å². The summed E-state index contributed by atoms with van der Waals surface area (Å²) in [6.45, 7) is 2.08. The van der Waals surface area contributed by atoms with Crippen LogP contribution in [-0.4, -0.2) is 14.2 Å². The molecule has 2 aromatic rings. The number of rotatable bonds is 5. The highest BCUT2D eigenvalue weighted by Gasteiger charge is 2.11. The highest BCUT2D eigenvalue weighted by Crippen LogP contribution is 2.33. The first kappa shape index (κ1) is 16.0. The molecule has 1 atom stereocenters. The van der Waals surface area contributed by atoms with E-state index in [4.69, 9.17) is 21.1 Å². The number of methoxy groups -OCH3 is 2. The van der Waals surface area contributed by atoms with Gasteiger partial charge in [-0.1, -0.05) is 17.7 Å². The smallest absolute Gasteiger partial charge is 0.142 e. The Morgan fingerprint density at radius 1 is 1.05 bits per heavy atom. The third-order valence-corrected chi connectivity index (χ3v) is 4.06. The molecule has 0 radical (unpaired) electrons. The fourth-order valence-corrected chi connectivity index (χ4v) is 2.79. The van der Waals surface area contributed by atoms with E-state index in [1.54, 1.807) is 20.3 Å². The van der Waals surface area contributed by atoms with Crippen LogP contribution in [0.1, 0.15) is 18.5 Å². The molecule has 1 unspecified atom stereocenters. The second kappa shape index (κ2) is 7.05. The molecular weight excluding hydrogens is 354 g/mol. The maximum atomic E-state index is 6.05. The van der Waals surface area contributed by atoms with Crippen molar-refractivity contribution < 1.29 is 9.47 Å². The lowest BCUT2D eigenvalue weighted by molar-refractivity contribution is 0.412. The minimum absolute atomic E-state index is 0.0968. The fraction of sp³-hybridized carbons (Fsp3) is 0.250. The number of benzene rings is 2. The van der Waals surface area contributed by atoms with Gasteiger partial charge < -0.3 is 14.8 Å². The molecule has 3 nitrogen and oxygen atoms in total. The Labute approximate surface area is 138 Å². The van der Waals surface area contributed by atoms with Crippen LogP contribution in [0.2, 0.25) is 5.02 Å². The van der Waals surface area contributed by atoms with Gasteiger partial charge in [0.1, 0.15) is 11.5 Å². The summed E-state index contributed by atoms with van der Waals surface area (Å²) in [5.74, 6) is 1.57. The lowest BCUT2D eigenvalue weighted by Crippen LogP contribution is -2.08. The van der Waals surface area contributed by atoms with E-state index in [0.717, 1.165) is 27.2 Å². The zero-order valence-corrected chi connectivity index (χ0v) is 14.5. The number of anilines is 1. The van der Waals surface area contributed by atoms with E-state index >= 15 is 0 Å². The summed E-state index contributed by atoms with van der Waals surface area (Å²) < 4.78 is 11.5. The van der Waals surface area contributed by atoms with Crippen LogP contribution in [0.15, 0.2) is 40.9 Å². The van der Waals surface area contributed by atoms with Crippen LogP contribution in [0.5, 0.6) is 11.5 Å². The van der Waals surface area contributed by atoms with Gasteiger partial charge in [-0.05, 0) is 58.7 Å². The predicted molar refractivity (Wildman–Crippen MR) is 90.7 cm³/mol. The Balaban J connectivity index is 2.23. The van der Waals surface area contributed by atoms with Crippen LogP contribution < -0.4 is 14.8 Å². The van der Waals surface area contributed by atoms with Crippen LogP contribution in [0, 0.1) is 0 Å². The first-order valence-electron chi connectivity index (χ1n) is 6.48. The Kier molecular flexibility index (Phi) is 5.37. The number of hydrogen-bond acceptors (Lipinski definition) is 3. The molecule has 0 spiro atoms. The molecule has 112 valence electrons. The molecule has 1 N–H and O–H groups in total. The Morgan fingerprint density at radius 3 is 2.33 bits per heavy atom. The van der Waals surface area contributed by atoms with Crippen molar-refractivity contribution in [1.82, 2.24) is 0 Å². The van der Waals surface area contributed by atoms with E-state index in [1.807, 2.05) is 30.3 Å². The zero-order chi connectivity index (χ0) is 15.4. The number of halogens is 2. The Morgan fingerprint density at radius 2 is 1.71 bits per heavy atom. The third-order valence-electron chi connectivity index (χ3n) is 3.21. The highest BCUT2D eigenvalue weighted by molar-refractivity contribution is 9.10. The van der Waals surface area contributed by atoms with Gasteiger partial charge in [-0.25, -0.2) is 0 Å². The van der Waals surface area contributed by atoms with Crippen molar-refractivity contribution in [2.45, 2.75) is 13.0 Å². The van der Waals surface area contributed by atoms with E-state index in [2.05, 4.69) is 28.2 Å². The van der Waals surface area contributed by atoms with Crippen LogP contribution in [0.25, 0.3) is 0 Å². The Hall–Kier alpha value is -1.39. The van der Waals surface area contributed by atoms with Crippen molar-refractivity contribution in [3.8, 4) is 11.5 Å². The fourth-order valence-electron chi connectivity index (χ4n) is 2.06. The van der Waals surface area contributed by atoms with Gasteiger partial charge in [-0.2, -0.15) is 0 Å². The van der Waals surface area contributed by atoms with E-state index in [1.165, 1.54) is 0 Å². The van der Waals surface area contributed by atoms with Crippen LogP contribution in [0.3, 0.4) is 0 Å². The average Bonchev–Trinajstić information content (AvgIpc) is 2.47. The van der Waals surface area contributed by atoms with E-state index < -0.39 is 0 Å². The molecule has 21 heavy (non-hydrogen) atoms. The SMILES string of the molecule is COc1ccc(C(C)Nc2cc(Cl)ccc2OC)cc1Br. The summed E-state index contributed by atoms with van der Waals surface area (Å²) in [7, 11) is 3.29. The van der Waals surface area contributed by atoms with Crippen molar-refractivity contribution >= 4 is 33.2 Å². The maximum absolute atomic E-state index is 6.05. The number of hydrogen-bond donors (Lipinski definition) is 1. The van der Waals surface area contributed by atoms with Crippen molar-refractivity contribution in [2.75, 3.05) is 19.5 Å². The minimum Gasteiger partial charge on any atom is -0.496 e. The monoisotopic (exact) mass is 369 g/mol. The lowest BCUT2D eigenvalue weighted by Gasteiger charge is -2.19. The molecule has 0 aliphatic rings. The van der Waals surface area contributed by atoms with Crippen LogP contribution >= 0.6 is 27.5 Å². The second-order valence-corrected chi connectivity index (χ2v) is 5.90. The van der Waals surface area contributed by atoms with Gasteiger partial charge in [0.25, 0.3) is 0 Å². The molecule has 0 saturated heterocycles. The van der Waals surface area contributed by atoms with Crippen molar-refractivity contribution in [2.24, 2.45) is 0 Å². The third kappa shape index (κ3) is 3.83. The summed E-state index contributed by atoms with van der Waals surface area (Å²) in [4.78, 5) is 0. The van der Waals surface area contributed by atoms with Gasteiger partial charge in [-0.3, -0.25) is 0 Å².